The number of hydrogen-bond acceptors (Lipinski definition) is 4. The number of hydrogen-bond donors (Lipinski definition) is 2. The normalized spacial score (nSPS) is 10.2. The Hall–Kier alpha value is -3.12. The fourth-order valence-corrected chi connectivity index (χ4v) is 3.14. The van der Waals surface area contributed by atoms with Crippen LogP contribution in [-0.2, 0) is 16.1 Å². The molecule has 0 aliphatic rings. The first-order valence-electron chi connectivity index (χ1n) is 8.02. The number of anilines is 1. The van der Waals surface area contributed by atoms with Crippen molar-refractivity contribution in [2.45, 2.75) is 16.3 Å². The van der Waals surface area contributed by atoms with E-state index in [4.69, 9.17) is 0 Å². The first kappa shape index (κ1) is 17.7. The second kappa shape index (κ2) is 8.82. The lowest BCUT2D eigenvalue weighted by Gasteiger charge is -2.11. The van der Waals surface area contributed by atoms with Gasteiger partial charge in [-0.05, 0) is 35.9 Å². The second-order valence-corrected chi connectivity index (χ2v) is 6.52. The summed E-state index contributed by atoms with van der Waals surface area (Å²) in [5, 5.41) is 5.27. The van der Waals surface area contributed by atoms with E-state index < -0.39 is 11.8 Å². The van der Waals surface area contributed by atoms with Crippen molar-refractivity contribution in [3.63, 3.8) is 0 Å². The summed E-state index contributed by atoms with van der Waals surface area (Å²) >= 11 is 1.52. The predicted molar refractivity (Wildman–Crippen MR) is 102 cm³/mol. The molecule has 0 radical (unpaired) electrons. The van der Waals surface area contributed by atoms with Gasteiger partial charge in [-0.3, -0.25) is 14.6 Å². The van der Waals surface area contributed by atoms with Crippen molar-refractivity contribution in [2.75, 3.05) is 5.32 Å². The molecule has 0 unspecified atom stereocenters. The number of amides is 2. The van der Waals surface area contributed by atoms with Crippen molar-refractivity contribution >= 4 is 29.3 Å². The Kier molecular flexibility index (Phi) is 6.01. The molecule has 2 N–H and O–H groups in total. The van der Waals surface area contributed by atoms with Crippen molar-refractivity contribution < 1.29 is 9.59 Å². The Labute approximate surface area is 155 Å². The Balaban J connectivity index is 1.63. The number of rotatable bonds is 5. The van der Waals surface area contributed by atoms with Crippen LogP contribution in [0.25, 0.3) is 0 Å². The van der Waals surface area contributed by atoms with Crippen LogP contribution in [-0.4, -0.2) is 16.8 Å². The molecule has 0 saturated carbocycles. The van der Waals surface area contributed by atoms with Gasteiger partial charge in [0.05, 0.1) is 5.69 Å². The lowest BCUT2D eigenvalue weighted by atomic mass is 10.3. The van der Waals surface area contributed by atoms with Crippen LogP contribution in [0.5, 0.6) is 0 Å². The van der Waals surface area contributed by atoms with Crippen LogP contribution in [0.1, 0.15) is 5.56 Å². The average molecular weight is 363 g/mol. The maximum Gasteiger partial charge on any atom is 0.313 e. The van der Waals surface area contributed by atoms with Crippen LogP contribution < -0.4 is 10.6 Å². The second-order valence-electron chi connectivity index (χ2n) is 5.41. The molecule has 1 heterocycles. The van der Waals surface area contributed by atoms with Gasteiger partial charge in [-0.15, -0.1) is 0 Å². The Morgan fingerprint density at radius 2 is 1.65 bits per heavy atom. The number of carbonyl (C=O) groups is 2. The summed E-state index contributed by atoms with van der Waals surface area (Å²) in [6, 6.07) is 20.8. The Bertz CT molecular complexity index is 886. The van der Waals surface area contributed by atoms with Crippen LogP contribution in [0.4, 0.5) is 5.69 Å². The molecular weight excluding hydrogens is 346 g/mol. The zero-order valence-corrected chi connectivity index (χ0v) is 14.7. The van der Waals surface area contributed by atoms with Gasteiger partial charge in [0.2, 0.25) is 0 Å². The van der Waals surface area contributed by atoms with E-state index in [2.05, 4.69) is 15.6 Å². The standard InChI is InChI=1S/C20H17N3O2S/c24-19(22-14-15-7-6-12-21-13-15)20(25)23-17-10-4-5-11-18(17)26-16-8-2-1-3-9-16/h1-13H,14H2,(H,22,24)(H,23,25). The van der Waals surface area contributed by atoms with Crippen LogP contribution in [0.3, 0.4) is 0 Å². The van der Waals surface area contributed by atoms with E-state index in [9.17, 15) is 9.59 Å². The first-order chi connectivity index (χ1) is 12.7. The van der Waals surface area contributed by atoms with E-state index in [1.165, 1.54) is 11.8 Å². The molecule has 1 aromatic heterocycles. The summed E-state index contributed by atoms with van der Waals surface area (Å²) in [6.45, 7) is 0.251. The molecule has 0 aliphatic heterocycles. The highest BCUT2D eigenvalue weighted by Crippen LogP contribution is 2.33. The summed E-state index contributed by atoms with van der Waals surface area (Å²) < 4.78 is 0. The molecule has 0 saturated heterocycles. The molecule has 0 bridgehead atoms. The molecule has 2 amide bonds. The smallest absolute Gasteiger partial charge is 0.313 e. The molecule has 3 rings (SSSR count). The minimum Gasteiger partial charge on any atom is -0.344 e. The number of aromatic nitrogens is 1. The van der Waals surface area contributed by atoms with Gasteiger partial charge >= 0.3 is 11.8 Å². The van der Waals surface area contributed by atoms with Crippen molar-refractivity contribution in [1.29, 1.82) is 0 Å². The third kappa shape index (κ3) is 4.94. The van der Waals surface area contributed by atoms with Crippen molar-refractivity contribution in [2.24, 2.45) is 0 Å². The van der Waals surface area contributed by atoms with Crippen molar-refractivity contribution in [3.8, 4) is 0 Å². The fraction of sp³-hybridized carbons (Fsp3) is 0.0500. The van der Waals surface area contributed by atoms with E-state index in [0.717, 1.165) is 15.4 Å². The van der Waals surface area contributed by atoms with Gasteiger partial charge in [0.25, 0.3) is 0 Å². The van der Waals surface area contributed by atoms with Crippen molar-refractivity contribution in [1.82, 2.24) is 10.3 Å². The monoisotopic (exact) mass is 363 g/mol. The van der Waals surface area contributed by atoms with Crippen LogP contribution in [0.2, 0.25) is 0 Å². The van der Waals surface area contributed by atoms with Gasteiger partial charge in [-0.25, -0.2) is 0 Å². The minimum absolute atomic E-state index is 0.251. The Morgan fingerprint density at radius 3 is 2.42 bits per heavy atom. The highest BCUT2D eigenvalue weighted by Gasteiger charge is 2.15. The summed E-state index contributed by atoms with van der Waals surface area (Å²) in [5.41, 5.74) is 1.43. The maximum atomic E-state index is 12.2. The zero-order valence-electron chi connectivity index (χ0n) is 13.9. The van der Waals surface area contributed by atoms with Gasteiger partial charge in [-0.1, -0.05) is 48.2 Å². The summed E-state index contributed by atoms with van der Waals surface area (Å²) in [7, 11) is 0. The molecule has 130 valence electrons. The van der Waals surface area contributed by atoms with E-state index >= 15 is 0 Å². The van der Waals surface area contributed by atoms with Gasteiger partial charge in [0.1, 0.15) is 0 Å². The maximum absolute atomic E-state index is 12.2. The topological polar surface area (TPSA) is 71.1 Å². The van der Waals surface area contributed by atoms with Gasteiger partial charge in [-0.2, -0.15) is 0 Å². The SMILES string of the molecule is O=C(NCc1cccnc1)C(=O)Nc1ccccc1Sc1ccccc1. The van der Waals surface area contributed by atoms with Crippen LogP contribution in [0.15, 0.2) is 88.9 Å². The predicted octanol–water partition coefficient (Wildman–Crippen LogP) is 3.49. The molecular formula is C20H17N3O2S. The van der Waals surface area contributed by atoms with Crippen molar-refractivity contribution in [3.05, 3.63) is 84.7 Å². The van der Waals surface area contributed by atoms with Crippen LogP contribution in [0, 0.1) is 0 Å². The molecule has 5 nitrogen and oxygen atoms in total. The lowest BCUT2D eigenvalue weighted by molar-refractivity contribution is -0.136. The highest BCUT2D eigenvalue weighted by atomic mass is 32.2. The molecule has 3 aromatic rings. The van der Waals surface area contributed by atoms with E-state index in [1.807, 2.05) is 54.6 Å². The quantitative estimate of drug-likeness (QED) is 0.681. The third-order valence-corrected chi connectivity index (χ3v) is 4.57. The molecule has 0 spiro atoms. The molecule has 6 heteroatoms. The largest absolute Gasteiger partial charge is 0.344 e. The van der Waals surface area contributed by atoms with E-state index in [-0.39, 0.29) is 6.54 Å². The van der Waals surface area contributed by atoms with Crippen LogP contribution >= 0.6 is 11.8 Å². The number of para-hydroxylation sites is 1. The summed E-state index contributed by atoms with van der Waals surface area (Å²) in [6.07, 6.45) is 3.29. The average Bonchev–Trinajstić information content (AvgIpc) is 2.69. The third-order valence-electron chi connectivity index (χ3n) is 3.49. The van der Waals surface area contributed by atoms with E-state index in [1.54, 1.807) is 24.5 Å². The molecule has 26 heavy (non-hydrogen) atoms. The highest BCUT2D eigenvalue weighted by molar-refractivity contribution is 7.99. The minimum atomic E-state index is -0.699. The molecule has 0 atom stereocenters. The first-order valence-corrected chi connectivity index (χ1v) is 8.84. The van der Waals surface area contributed by atoms with Gasteiger partial charge in [0, 0.05) is 28.7 Å². The fourth-order valence-electron chi connectivity index (χ4n) is 2.22. The van der Waals surface area contributed by atoms with Gasteiger partial charge in [0.15, 0.2) is 0 Å². The number of pyridine rings is 1. The Morgan fingerprint density at radius 1 is 0.885 bits per heavy atom. The summed E-state index contributed by atoms with van der Waals surface area (Å²) in [4.78, 5) is 30.1. The van der Waals surface area contributed by atoms with Gasteiger partial charge < -0.3 is 10.6 Å². The number of benzene rings is 2. The molecule has 0 fully saturated rings. The summed E-state index contributed by atoms with van der Waals surface area (Å²) in [5.74, 6) is -1.39. The molecule has 2 aromatic carbocycles. The number of nitrogens with zero attached hydrogens (tertiary/aromatic N) is 1. The molecule has 0 aliphatic carbocycles. The lowest BCUT2D eigenvalue weighted by Crippen LogP contribution is -2.35. The van der Waals surface area contributed by atoms with E-state index in [0.29, 0.717) is 5.69 Å². The number of carbonyl (C=O) groups excluding carboxylic acids is 2. The number of nitrogens with one attached hydrogen (secondary N) is 2. The zero-order chi connectivity index (χ0) is 18.2.